The Kier molecular flexibility index (Phi) is 7.47. The second-order valence-corrected chi connectivity index (χ2v) is 6.34. The van der Waals surface area contributed by atoms with Gasteiger partial charge in [-0.2, -0.15) is 0 Å². The van der Waals surface area contributed by atoms with Crippen molar-refractivity contribution < 1.29 is 28.2 Å². The highest BCUT2D eigenvalue weighted by atomic mass is 19.1. The molecule has 1 aliphatic rings. The lowest BCUT2D eigenvalue weighted by atomic mass is 9.96. The van der Waals surface area contributed by atoms with Gasteiger partial charge in [0.1, 0.15) is 17.7 Å². The van der Waals surface area contributed by atoms with E-state index in [1.807, 2.05) is 0 Å². The SMILES string of the molecule is CCC(=O)N[C@@H]1CC[C@@H](CC(=O)NCc2cc(F)cc(F)c2)O[C@@H]1CO. The number of hydrogen-bond donors (Lipinski definition) is 3. The zero-order valence-electron chi connectivity index (χ0n) is 14.6. The molecule has 2 amide bonds. The van der Waals surface area contributed by atoms with E-state index in [-0.39, 0.29) is 43.5 Å². The zero-order chi connectivity index (χ0) is 19.1. The first-order valence-electron chi connectivity index (χ1n) is 8.68. The molecular weight excluding hydrogens is 346 g/mol. The normalized spacial score (nSPS) is 22.7. The van der Waals surface area contributed by atoms with Crippen LogP contribution in [0.1, 0.15) is 38.2 Å². The van der Waals surface area contributed by atoms with E-state index >= 15 is 0 Å². The number of carbonyl (C=O) groups is 2. The maximum absolute atomic E-state index is 13.1. The molecule has 1 heterocycles. The first kappa shape index (κ1) is 20.3. The largest absolute Gasteiger partial charge is 0.394 e. The number of rotatable bonds is 7. The maximum Gasteiger partial charge on any atom is 0.222 e. The summed E-state index contributed by atoms with van der Waals surface area (Å²) >= 11 is 0. The zero-order valence-corrected chi connectivity index (χ0v) is 14.6. The van der Waals surface area contributed by atoms with Crippen LogP contribution in [-0.2, 0) is 20.9 Å². The van der Waals surface area contributed by atoms with Gasteiger partial charge in [-0.3, -0.25) is 9.59 Å². The van der Waals surface area contributed by atoms with Crippen molar-refractivity contribution in [2.24, 2.45) is 0 Å². The van der Waals surface area contributed by atoms with Crippen molar-refractivity contribution in [1.29, 1.82) is 0 Å². The van der Waals surface area contributed by atoms with Crippen molar-refractivity contribution in [3.63, 3.8) is 0 Å². The lowest BCUT2D eigenvalue weighted by Crippen LogP contribution is -2.51. The first-order valence-corrected chi connectivity index (χ1v) is 8.68. The Morgan fingerprint density at radius 2 is 1.88 bits per heavy atom. The van der Waals surface area contributed by atoms with Crippen molar-refractivity contribution in [2.75, 3.05) is 6.61 Å². The molecular formula is C18H24F2N2O4. The summed E-state index contributed by atoms with van der Waals surface area (Å²) in [6.45, 7) is 1.50. The van der Waals surface area contributed by atoms with Gasteiger partial charge in [0.25, 0.3) is 0 Å². The van der Waals surface area contributed by atoms with E-state index in [1.165, 1.54) is 0 Å². The van der Waals surface area contributed by atoms with Crippen LogP contribution in [-0.4, -0.2) is 41.8 Å². The summed E-state index contributed by atoms with van der Waals surface area (Å²) in [7, 11) is 0. The predicted molar refractivity (Wildman–Crippen MR) is 90.0 cm³/mol. The fourth-order valence-corrected chi connectivity index (χ4v) is 2.95. The number of aliphatic hydroxyl groups is 1. The highest BCUT2D eigenvalue weighted by Crippen LogP contribution is 2.22. The number of hydrogen-bond acceptors (Lipinski definition) is 4. The minimum Gasteiger partial charge on any atom is -0.394 e. The number of ether oxygens (including phenoxy) is 1. The summed E-state index contributed by atoms with van der Waals surface area (Å²) in [5.74, 6) is -1.82. The summed E-state index contributed by atoms with van der Waals surface area (Å²) < 4.78 is 32.0. The van der Waals surface area contributed by atoms with Gasteiger partial charge in [0, 0.05) is 19.0 Å². The van der Waals surface area contributed by atoms with Crippen molar-refractivity contribution in [1.82, 2.24) is 10.6 Å². The van der Waals surface area contributed by atoms with Crippen LogP contribution in [0.2, 0.25) is 0 Å². The van der Waals surface area contributed by atoms with Crippen LogP contribution in [0.25, 0.3) is 0 Å². The number of halogens is 2. The third-order valence-corrected chi connectivity index (χ3v) is 4.29. The van der Waals surface area contributed by atoms with Gasteiger partial charge in [-0.25, -0.2) is 8.78 Å². The van der Waals surface area contributed by atoms with E-state index in [2.05, 4.69) is 10.6 Å². The summed E-state index contributed by atoms with van der Waals surface area (Å²) in [5, 5.41) is 14.9. The van der Waals surface area contributed by atoms with Crippen molar-refractivity contribution >= 4 is 11.8 Å². The Labute approximate surface area is 150 Å². The van der Waals surface area contributed by atoms with Gasteiger partial charge in [0.15, 0.2) is 0 Å². The first-order chi connectivity index (χ1) is 12.4. The Balaban J connectivity index is 1.81. The lowest BCUT2D eigenvalue weighted by molar-refractivity contribution is -0.135. The van der Waals surface area contributed by atoms with Crippen LogP contribution in [0.4, 0.5) is 8.78 Å². The van der Waals surface area contributed by atoms with E-state index < -0.39 is 17.7 Å². The highest BCUT2D eigenvalue weighted by molar-refractivity contribution is 5.76. The number of amides is 2. The Morgan fingerprint density at radius 1 is 1.19 bits per heavy atom. The van der Waals surface area contributed by atoms with E-state index in [0.717, 1.165) is 18.2 Å². The fourth-order valence-electron chi connectivity index (χ4n) is 2.95. The van der Waals surface area contributed by atoms with Crippen LogP contribution in [0.15, 0.2) is 18.2 Å². The molecule has 0 unspecified atom stereocenters. The molecule has 6 nitrogen and oxygen atoms in total. The maximum atomic E-state index is 13.1. The average Bonchev–Trinajstić information content (AvgIpc) is 2.60. The predicted octanol–water partition coefficient (Wildman–Crippen LogP) is 1.41. The third-order valence-electron chi connectivity index (χ3n) is 4.29. The molecule has 0 radical (unpaired) electrons. The van der Waals surface area contributed by atoms with Gasteiger partial charge < -0.3 is 20.5 Å². The van der Waals surface area contributed by atoms with E-state index in [4.69, 9.17) is 4.74 Å². The molecule has 26 heavy (non-hydrogen) atoms. The number of carbonyl (C=O) groups excluding carboxylic acids is 2. The molecule has 1 aromatic rings. The third kappa shape index (κ3) is 6.03. The second kappa shape index (κ2) is 9.59. The molecule has 0 spiro atoms. The summed E-state index contributed by atoms with van der Waals surface area (Å²) in [6, 6.07) is 2.80. The van der Waals surface area contributed by atoms with Crippen LogP contribution in [0.3, 0.4) is 0 Å². The molecule has 0 aliphatic carbocycles. The highest BCUT2D eigenvalue weighted by Gasteiger charge is 2.32. The minimum atomic E-state index is -0.698. The van der Waals surface area contributed by atoms with Crippen LogP contribution < -0.4 is 10.6 Å². The summed E-state index contributed by atoms with van der Waals surface area (Å²) in [6.07, 6.45) is 0.640. The molecule has 3 atom stereocenters. The molecule has 2 rings (SSSR count). The van der Waals surface area contributed by atoms with Crippen LogP contribution in [0, 0.1) is 11.6 Å². The molecule has 144 valence electrons. The van der Waals surface area contributed by atoms with Crippen LogP contribution >= 0.6 is 0 Å². The molecule has 1 aromatic carbocycles. The van der Waals surface area contributed by atoms with Crippen LogP contribution in [0.5, 0.6) is 0 Å². The minimum absolute atomic E-state index is 0.0127. The van der Waals surface area contributed by atoms with Gasteiger partial charge in [-0.1, -0.05) is 6.92 Å². The topological polar surface area (TPSA) is 87.7 Å². The van der Waals surface area contributed by atoms with Gasteiger partial charge in [0.2, 0.25) is 11.8 Å². The smallest absolute Gasteiger partial charge is 0.222 e. The second-order valence-electron chi connectivity index (χ2n) is 6.34. The Hall–Kier alpha value is -2.06. The Morgan fingerprint density at radius 3 is 2.50 bits per heavy atom. The molecule has 8 heteroatoms. The molecule has 1 aliphatic heterocycles. The van der Waals surface area contributed by atoms with Gasteiger partial charge in [0.05, 0.1) is 25.2 Å². The van der Waals surface area contributed by atoms with Gasteiger partial charge >= 0.3 is 0 Å². The average molecular weight is 370 g/mol. The standard InChI is InChI=1S/C18H24F2N2O4/c1-2-17(24)22-15-4-3-14(26-16(15)10-23)8-18(25)21-9-11-5-12(19)7-13(20)6-11/h5-7,14-16,23H,2-4,8-10H2,1H3,(H,21,25)(H,22,24)/t14-,15+,16+/m0/s1. The van der Waals surface area contributed by atoms with Crippen molar-refractivity contribution in [3.8, 4) is 0 Å². The van der Waals surface area contributed by atoms with E-state index in [9.17, 15) is 23.5 Å². The van der Waals surface area contributed by atoms with E-state index in [1.54, 1.807) is 6.92 Å². The molecule has 1 fully saturated rings. The number of nitrogens with one attached hydrogen (secondary N) is 2. The molecule has 0 aromatic heterocycles. The van der Waals surface area contributed by atoms with Crippen molar-refractivity contribution in [2.45, 2.75) is 57.4 Å². The Bertz CT molecular complexity index is 621. The van der Waals surface area contributed by atoms with Gasteiger partial charge in [-0.15, -0.1) is 0 Å². The summed E-state index contributed by atoms with van der Waals surface area (Å²) in [4.78, 5) is 23.5. The monoisotopic (exact) mass is 370 g/mol. The quantitative estimate of drug-likeness (QED) is 0.677. The molecule has 3 N–H and O–H groups in total. The molecule has 0 bridgehead atoms. The molecule has 1 saturated heterocycles. The fraction of sp³-hybridized carbons (Fsp3) is 0.556. The molecule has 0 saturated carbocycles. The van der Waals surface area contributed by atoms with Gasteiger partial charge in [-0.05, 0) is 30.5 Å². The summed E-state index contributed by atoms with van der Waals surface area (Å²) in [5.41, 5.74) is 0.330. The number of benzene rings is 1. The van der Waals surface area contributed by atoms with Crippen molar-refractivity contribution in [3.05, 3.63) is 35.4 Å². The van der Waals surface area contributed by atoms with E-state index in [0.29, 0.717) is 24.8 Å². The lowest BCUT2D eigenvalue weighted by Gasteiger charge is -2.36. The number of aliphatic hydroxyl groups excluding tert-OH is 1.